The van der Waals surface area contributed by atoms with E-state index in [0.717, 1.165) is 19.4 Å². The number of carbonyl (C=O) groups excluding carboxylic acids is 1. The van der Waals surface area contributed by atoms with E-state index < -0.39 is 0 Å². The second-order valence-corrected chi connectivity index (χ2v) is 2.75. The molecule has 0 spiro atoms. The summed E-state index contributed by atoms with van der Waals surface area (Å²) in [5.74, 6) is 2.58. The smallest absolute Gasteiger partial charge is 0.410 e. The highest BCUT2D eigenvalue weighted by atomic mass is 16.6. The van der Waals surface area contributed by atoms with Crippen LogP contribution in [0.4, 0.5) is 4.79 Å². The van der Waals surface area contributed by atoms with Crippen molar-refractivity contribution in [1.29, 1.82) is 0 Å². The lowest BCUT2D eigenvalue weighted by atomic mass is 10.2. The summed E-state index contributed by atoms with van der Waals surface area (Å²) in [7, 11) is 0. The third-order valence-corrected chi connectivity index (χ3v) is 1.96. The minimum absolute atomic E-state index is 0.0993. The van der Waals surface area contributed by atoms with Gasteiger partial charge in [-0.1, -0.05) is 12.8 Å². The Morgan fingerprint density at radius 3 is 3.08 bits per heavy atom. The van der Waals surface area contributed by atoms with E-state index >= 15 is 0 Å². The predicted octanol–water partition coefficient (Wildman–Crippen LogP) is 1.24. The molecule has 0 radical (unpaired) electrons. The Hall–Kier alpha value is -1.17. The quantitative estimate of drug-likeness (QED) is 0.579. The number of hydrogen-bond donors (Lipinski definition) is 0. The van der Waals surface area contributed by atoms with E-state index in [1.807, 2.05) is 6.92 Å². The fourth-order valence-electron chi connectivity index (χ4n) is 1.28. The van der Waals surface area contributed by atoms with Crippen LogP contribution in [0.5, 0.6) is 0 Å². The van der Waals surface area contributed by atoms with Gasteiger partial charge in [-0.25, -0.2) is 4.79 Å². The summed E-state index contributed by atoms with van der Waals surface area (Å²) in [4.78, 5) is 12.8. The number of rotatable bonds is 2. The maximum absolute atomic E-state index is 11.2. The fourth-order valence-corrected chi connectivity index (χ4v) is 1.28. The Balaban J connectivity index is 2.59. The third-order valence-electron chi connectivity index (χ3n) is 1.96. The van der Waals surface area contributed by atoms with Crippen LogP contribution in [0, 0.1) is 12.3 Å². The summed E-state index contributed by atoms with van der Waals surface area (Å²) in [6, 6.07) is -0.0993. The normalized spacial score (nSPS) is 19.7. The molecule has 1 fully saturated rings. The van der Waals surface area contributed by atoms with E-state index in [-0.39, 0.29) is 12.1 Å². The van der Waals surface area contributed by atoms with Crippen molar-refractivity contribution in [2.75, 3.05) is 13.2 Å². The van der Waals surface area contributed by atoms with Crippen molar-refractivity contribution in [3.05, 3.63) is 0 Å². The van der Waals surface area contributed by atoms with Gasteiger partial charge in [-0.2, -0.15) is 0 Å². The molecule has 0 aromatic carbocycles. The van der Waals surface area contributed by atoms with Crippen LogP contribution in [-0.2, 0) is 4.74 Å². The van der Waals surface area contributed by atoms with Crippen molar-refractivity contribution in [3.63, 3.8) is 0 Å². The first kappa shape index (κ1) is 8.92. The molecular weight excluding hydrogens is 154 g/mol. The van der Waals surface area contributed by atoms with Crippen molar-refractivity contribution in [2.45, 2.75) is 25.8 Å². The summed E-state index contributed by atoms with van der Waals surface area (Å²) >= 11 is 0. The Morgan fingerprint density at radius 1 is 1.83 bits per heavy atom. The van der Waals surface area contributed by atoms with Gasteiger partial charge >= 0.3 is 6.09 Å². The number of amides is 1. The standard InChI is InChI=1S/C9H13NO2/c1-3-8(4-2)10-6-5-7-12-9(10)11/h1,8H,4-7H2,2H3. The van der Waals surface area contributed by atoms with Gasteiger partial charge in [0.1, 0.15) is 0 Å². The molecule has 1 heterocycles. The van der Waals surface area contributed by atoms with E-state index in [4.69, 9.17) is 11.2 Å². The highest BCUT2D eigenvalue weighted by Gasteiger charge is 2.24. The van der Waals surface area contributed by atoms with Gasteiger partial charge in [-0.15, -0.1) is 6.42 Å². The highest BCUT2D eigenvalue weighted by Crippen LogP contribution is 2.10. The van der Waals surface area contributed by atoms with Gasteiger partial charge in [0.05, 0.1) is 12.6 Å². The van der Waals surface area contributed by atoms with E-state index in [9.17, 15) is 4.79 Å². The molecule has 3 heteroatoms. The van der Waals surface area contributed by atoms with Gasteiger partial charge in [0.2, 0.25) is 0 Å². The van der Waals surface area contributed by atoms with Crippen LogP contribution in [0.2, 0.25) is 0 Å². The predicted molar refractivity (Wildman–Crippen MR) is 45.6 cm³/mol. The van der Waals surface area contributed by atoms with Crippen molar-refractivity contribution < 1.29 is 9.53 Å². The minimum atomic E-state index is -0.272. The lowest BCUT2D eigenvalue weighted by Crippen LogP contribution is -2.43. The summed E-state index contributed by atoms with van der Waals surface area (Å²) in [5, 5.41) is 0. The van der Waals surface area contributed by atoms with Crippen LogP contribution < -0.4 is 0 Å². The molecule has 1 amide bonds. The minimum Gasteiger partial charge on any atom is -0.449 e. The van der Waals surface area contributed by atoms with Gasteiger partial charge in [-0.05, 0) is 12.8 Å². The average molecular weight is 167 g/mol. The van der Waals surface area contributed by atoms with E-state index in [1.54, 1.807) is 4.90 Å². The Labute approximate surface area is 72.7 Å². The molecule has 1 aliphatic rings. The van der Waals surface area contributed by atoms with Gasteiger partial charge in [0, 0.05) is 6.54 Å². The number of hydrogen-bond acceptors (Lipinski definition) is 2. The maximum atomic E-state index is 11.2. The monoisotopic (exact) mass is 167 g/mol. The topological polar surface area (TPSA) is 29.5 Å². The van der Waals surface area contributed by atoms with E-state index in [1.165, 1.54) is 0 Å². The molecule has 1 atom stereocenters. The maximum Gasteiger partial charge on any atom is 0.410 e. The lowest BCUT2D eigenvalue weighted by molar-refractivity contribution is 0.0637. The first-order valence-electron chi connectivity index (χ1n) is 4.19. The molecule has 1 aliphatic heterocycles. The van der Waals surface area contributed by atoms with E-state index in [2.05, 4.69) is 5.92 Å². The van der Waals surface area contributed by atoms with Crippen LogP contribution in [0.15, 0.2) is 0 Å². The molecule has 0 bridgehead atoms. The Morgan fingerprint density at radius 2 is 2.58 bits per heavy atom. The van der Waals surface area contributed by atoms with Crippen LogP contribution >= 0.6 is 0 Å². The summed E-state index contributed by atoms with van der Waals surface area (Å²) < 4.78 is 4.87. The molecule has 12 heavy (non-hydrogen) atoms. The molecule has 0 saturated carbocycles. The zero-order chi connectivity index (χ0) is 8.97. The molecule has 66 valence electrons. The zero-order valence-corrected chi connectivity index (χ0v) is 7.25. The lowest BCUT2D eigenvalue weighted by Gasteiger charge is -2.30. The Kier molecular flexibility index (Phi) is 2.98. The second kappa shape index (κ2) is 4.01. The van der Waals surface area contributed by atoms with Crippen LogP contribution in [0.3, 0.4) is 0 Å². The van der Waals surface area contributed by atoms with Crippen LogP contribution in [0.25, 0.3) is 0 Å². The third kappa shape index (κ3) is 1.70. The number of nitrogens with zero attached hydrogens (tertiary/aromatic N) is 1. The molecule has 0 aliphatic carbocycles. The van der Waals surface area contributed by atoms with Crippen molar-refractivity contribution in [2.24, 2.45) is 0 Å². The fraction of sp³-hybridized carbons (Fsp3) is 0.667. The first-order valence-corrected chi connectivity index (χ1v) is 4.19. The largest absolute Gasteiger partial charge is 0.449 e. The molecular formula is C9H13NO2. The number of terminal acetylenes is 1. The van der Waals surface area contributed by atoms with Crippen LogP contribution in [0.1, 0.15) is 19.8 Å². The van der Waals surface area contributed by atoms with Gasteiger partial charge in [-0.3, -0.25) is 4.90 Å². The van der Waals surface area contributed by atoms with Gasteiger partial charge in [0.15, 0.2) is 0 Å². The summed E-state index contributed by atoms with van der Waals surface area (Å²) in [6.45, 7) is 3.21. The number of ether oxygens (including phenoxy) is 1. The van der Waals surface area contributed by atoms with Crippen molar-refractivity contribution in [1.82, 2.24) is 4.90 Å². The molecule has 0 aromatic heterocycles. The Bertz CT molecular complexity index is 207. The highest BCUT2D eigenvalue weighted by molar-refractivity contribution is 5.69. The van der Waals surface area contributed by atoms with E-state index in [0.29, 0.717) is 6.61 Å². The number of cyclic esters (lactones) is 1. The van der Waals surface area contributed by atoms with Gasteiger partial charge in [0.25, 0.3) is 0 Å². The van der Waals surface area contributed by atoms with Crippen molar-refractivity contribution >= 4 is 6.09 Å². The average Bonchev–Trinajstić information content (AvgIpc) is 2.10. The molecule has 1 unspecified atom stereocenters. The summed E-state index contributed by atoms with van der Waals surface area (Å²) in [6.07, 6.45) is 6.67. The van der Waals surface area contributed by atoms with Gasteiger partial charge < -0.3 is 4.74 Å². The first-order chi connectivity index (χ1) is 5.79. The molecule has 1 saturated heterocycles. The zero-order valence-electron chi connectivity index (χ0n) is 7.25. The molecule has 0 aromatic rings. The number of carbonyl (C=O) groups is 1. The summed E-state index contributed by atoms with van der Waals surface area (Å²) in [5.41, 5.74) is 0. The molecule has 1 rings (SSSR count). The second-order valence-electron chi connectivity index (χ2n) is 2.75. The molecule has 0 N–H and O–H groups in total. The van der Waals surface area contributed by atoms with Crippen LogP contribution in [-0.4, -0.2) is 30.2 Å². The molecule has 3 nitrogen and oxygen atoms in total. The van der Waals surface area contributed by atoms with Crippen molar-refractivity contribution in [3.8, 4) is 12.3 Å². The SMILES string of the molecule is C#CC(CC)N1CCCOC1=O.